The van der Waals surface area contributed by atoms with Crippen LogP contribution < -0.4 is 20.1 Å². The number of methoxy groups -OCH3 is 1. The van der Waals surface area contributed by atoms with Gasteiger partial charge in [-0.3, -0.25) is 10.8 Å². The molecule has 0 aliphatic carbocycles. The molecule has 0 spiro atoms. The summed E-state index contributed by atoms with van der Waals surface area (Å²) in [6.45, 7) is 13.3. The van der Waals surface area contributed by atoms with Crippen molar-refractivity contribution in [2.45, 2.75) is 46.0 Å². The highest BCUT2D eigenvalue weighted by molar-refractivity contribution is 6.14. The molecule has 3 aromatic carbocycles. The Labute approximate surface area is 283 Å². The van der Waals surface area contributed by atoms with Crippen molar-refractivity contribution in [2.75, 3.05) is 19.0 Å². The summed E-state index contributed by atoms with van der Waals surface area (Å²) in [6.07, 6.45) is 14.0. The van der Waals surface area contributed by atoms with Crippen LogP contribution >= 0.6 is 0 Å². The van der Waals surface area contributed by atoms with Crippen molar-refractivity contribution in [3.8, 4) is 11.5 Å². The largest absolute Gasteiger partial charge is 0.497 e. The number of amidine groups is 2. The van der Waals surface area contributed by atoms with Gasteiger partial charge in [-0.2, -0.15) is 0 Å². The van der Waals surface area contributed by atoms with Crippen molar-refractivity contribution < 1.29 is 19.0 Å². The van der Waals surface area contributed by atoms with Crippen LogP contribution in [0.2, 0.25) is 0 Å². The fourth-order valence-corrected chi connectivity index (χ4v) is 4.83. The lowest BCUT2D eigenvalue weighted by Gasteiger charge is -2.25. The molecule has 1 aliphatic heterocycles. The summed E-state index contributed by atoms with van der Waals surface area (Å²) in [7, 11) is 1.61. The first kappa shape index (κ1) is 35.2. The summed E-state index contributed by atoms with van der Waals surface area (Å²) in [5.74, 6) is 1.15. The third-order valence-electron chi connectivity index (χ3n) is 7.50. The molecule has 4 N–H and O–H groups in total. The van der Waals surface area contributed by atoms with Crippen LogP contribution in [0.1, 0.15) is 67.6 Å². The zero-order valence-electron chi connectivity index (χ0n) is 28.3. The number of fused-ring (bicyclic) bond motifs is 1. The van der Waals surface area contributed by atoms with E-state index in [2.05, 4.69) is 57.0 Å². The van der Waals surface area contributed by atoms with Gasteiger partial charge in [-0.25, -0.2) is 4.79 Å². The molecule has 8 heteroatoms. The van der Waals surface area contributed by atoms with E-state index in [0.29, 0.717) is 34.8 Å². The van der Waals surface area contributed by atoms with Crippen LogP contribution in [0.25, 0.3) is 11.6 Å². The fraction of sp³-hybridized carbons (Fsp3) is 0.225. The van der Waals surface area contributed by atoms with Crippen LogP contribution in [-0.4, -0.2) is 31.4 Å². The minimum Gasteiger partial charge on any atom is -0.497 e. The number of nitrogens with one attached hydrogen (secondary N) is 4. The normalized spacial score (nSPS) is 15.0. The number of carbonyl (C=O) groups is 1. The predicted molar refractivity (Wildman–Crippen MR) is 197 cm³/mol. The summed E-state index contributed by atoms with van der Waals surface area (Å²) in [6, 6.07) is 18.7. The van der Waals surface area contributed by atoms with Crippen LogP contribution in [0.3, 0.4) is 0 Å². The molecule has 4 rings (SSSR count). The Bertz CT molecular complexity index is 1790. The maximum atomic E-state index is 12.5. The van der Waals surface area contributed by atoms with Crippen molar-refractivity contribution in [3.05, 3.63) is 132 Å². The number of hydrogen-bond donors (Lipinski definition) is 4. The Kier molecular flexibility index (Phi) is 11.9. The van der Waals surface area contributed by atoms with E-state index in [1.165, 1.54) is 0 Å². The van der Waals surface area contributed by atoms with Crippen molar-refractivity contribution in [3.63, 3.8) is 0 Å². The number of rotatable bonds is 12. The fourth-order valence-electron chi connectivity index (χ4n) is 4.83. The first-order valence-electron chi connectivity index (χ1n) is 15.9. The van der Waals surface area contributed by atoms with Crippen LogP contribution in [-0.2, 0) is 10.2 Å². The molecule has 248 valence electrons. The summed E-state index contributed by atoms with van der Waals surface area (Å²) in [5.41, 5.74) is 5.96. The molecule has 0 fully saturated rings. The Morgan fingerprint density at radius 1 is 0.979 bits per heavy atom. The first-order valence-corrected chi connectivity index (χ1v) is 15.9. The van der Waals surface area contributed by atoms with Gasteiger partial charge in [-0.1, -0.05) is 71.1 Å². The average molecular weight is 645 g/mol. The van der Waals surface area contributed by atoms with Crippen LogP contribution in [0, 0.1) is 10.8 Å². The predicted octanol–water partition coefficient (Wildman–Crippen LogP) is 9.35. The van der Waals surface area contributed by atoms with E-state index in [1.807, 2.05) is 48.6 Å². The zero-order chi connectivity index (χ0) is 34.7. The van der Waals surface area contributed by atoms with Gasteiger partial charge < -0.3 is 24.8 Å². The first-order chi connectivity index (χ1) is 23.0. The average Bonchev–Trinajstić information content (AvgIpc) is 3.12. The molecule has 0 aromatic heterocycles. The molecule has 0 amide bonds. The number of allylic oxidation sites excluding steroid dienone is 5. The molecule has 0 saturated heterocycles. The van der Waals surface area contributed by atoms with Gasteiger partial charge in [0, 0.05) is 23.0 Å². The Balaban J connectivity index is 1.72. The minimum absolute atomic E-state index is 0.0516. The molecule has 0 atom stereocenters. The van der Waals surface area contributed by atoms with Crippen molar-refractivity contribution >= 4 is 40.7 Å². The molecule has 0 unspecified atom stereocenters. The lowest BCUT2D eigenvalue weighted by molar-refractivity contribution is 0.0499. The van der Waals surface area contributed by atoms with Crippen LogP contribution in [0.4, 0.5) is 11.4 Å². The lowest BCUT2D eigenvalue weighted by atomic mass is 9.82. The third-order valence-corrected chi connectivity index (χ3v) is 7.50. The maximum absolute atomic E-state index is 12.5. The van der Waals surface area contributed by atoms with Gasteiger partial charge in [0.15, 0.2) is 0 Å². The molecule has 0 radical (unpaired) electrons. The maximum Gasteiger partial charge on any atom is 0.338 e. The number of esters is 1. The molecule has 0 saturated carbocycles. The van der Waals surface area contributed by atoms with E-state index >= 15 is 0 Å². The van der Waals surface area contributed by atoms with E-state index in [9.17, 15) is 4.79 Å². The Morgan fingerprint density at radius 3 is 2.44 bits per heavy atom. The Hall–Kier alpha value is -5.63. The topological polar surface area (TPSA) is 117 Å². The second-order valence-electron chi connectivity index (χ2n) is 12.3. The molecule has 0 bridgehead atoms. The number of carbonyl (C=O) groups excluding carboxylic acids is 1. The van der Waals surface area contributed by atoms with E-state index in [1.54, 1.807) is 49.8 Å². The third kappa shape index (κ3) is 9.69. The molecule has 8 nitrogen and oxygen atoms in total. The monoisotopic (exact) mass is 644 g/mol. The number of anilines is 2. The molecular weight excluding hydrogens is 600 g/mol. The van der Waals surface area contributed by atoms with Gasteiger partial charge in [0.1, 0.15) is 23.2 Å². The van der Waals surface area contributed by atoms with Crippen molar-refractivity contribution in [2.24, 2.45) is 0 Å². The van der Waals surface area contributed by atoms with E-state index in [4.69, 9.17) is 25.0 Å². The number of benzene rings is 3. The number of unbranched alkanes of at least 4 members (excludes halogenated alkanes) is 1. The summed E-state index contributed by atoms with van der Waals surface area (Å²) >= 11 is 0. The van der Waals surface area contributed by atoms with Gasteiger partial charge in [-0.05, 0) is 94.8 Å². The summed E-state index contributed by atoms with van der Waals surface area (Å²) < 4.78 is 16.4. The van der Waals surface area contributed by atoms with E-state index in [-0.39, 0.29) is 23.1 Å². The summed E-state index contributed by atoms with van der Waals surface area (Å²) in [5, 5.41) is 23.4. The summed E-state index contributed by atoms with van der Waals surface area (Å²) in [4.78, 5) is 12.5. The highest BCUT2D eigenvalue weighted by Gasteiger charge is 2.22. The van der Waals surface area contributed by atoms with E-state index in [0.717, 1.165) is 40.9 Å². The molecule has 1 aliphatic rings. The molecule has 48 heavy (non-hydrogen) atoms. The number of ether oxygens (including phenoxy) is 3. The number of hydrogen-bond acceptors (Lipinski definition) is 7. The zero-order valence-corrected chi connectivity index (χ0v) is 28.3. The standard InChI is InChI=1S/C40H44N4O4/c1-7-8-21-48-39(45)28-15-18-31(19-16-28)43-35-24-30(40(3,4)5)23-29-17-20-36(41)44-37(42)26-34(38(29)35)27(2)12-9-10-22-47-33-14-11-13-32(25-33)46-6/h9-20,22-26,43H,2,7-8,21H2,1,3-6H3,(H3,41,42,44)/b12-9-,20-17+,22-10+,34-26+. The quantitative estimate of drug-likeness (QED) is 0.0676. The molecule has 3 aromatic rings. The van der Waals surface area contributed by atoms with Crippen LogP contribution in [0.5, 0.6) is 11.5 Å². The van der Waals surface area contributed by atoms with Gasteiger partial charge >= 0.3 is 5.97 Å². The van der Waals surface area contributed by atoms with Crippen molar-refractivity contribution in [1.29, 1.82) is 10.8 Å². The van der Waals surface area contributed by atoms with E-state index < -0.39 is 0 Å². The SMILES string of the molecule is C=C(/C=C\C=C\Oc1cccc(OC)c1)/C1=C\C(=N)NC(=N)/C=C/c2cc(C(C)(C)C)cc(Nc3ccc(C(=O)OCCCC)cc3)c21. The Morgan fingerprint density at radius 2 is 1.73 bits per heavy atom. The van der Waals surface area contributed by atoms with Crippen molar-refractivity contribution in [1.82, 2.24) is 5.32 Å². The highest BCUT2D eigenvalue weighted by atomic mass is 16.5. The van der Waals surface area contributed by atoms with Crippen LogP contribution in [0.15, 0.2) is 109 Å². The highest BCUT2D eigenvalue weighted by Crippen LogP contribution is 2.39. The minimum atomic E-state index is -0.346. The van der Waals surface area contributed by atoms with Gasteiger partial charge in [0.05, 0.1) is 25.5 Å². The smallest absolute Gasteiger partial charge is 0.338 e. The molecule has 1 heterocycles. The lowest BCUT2D eigenvalue weighted by Crippen LogP contribution is -2.25. The van der Waals surface area contributed by atoms with Gasteiger partial charge in [-0.15, -0.1) is 0 Å². The second-order valence-corrected chi connectivity index (χ2v) is 12.3. The van der Waals surface area contributed by atoms with Gasteiger partial charge in [0.25, 0.3) is 0 Å². The second kappa shape index (κ2) is 16.3. The van der Waals surface area contributed by atoms with Gasteiger partial charge in [0.2, 0.25) is 0 Å². The molecular formula is C40H44N4O4.